The quantitative estimate of drug-likeness (QED) is 0.609. The number of nitrogens with one attached hydrogen (secondary N) is 1. The van der Waals surface area contributed by atoms with Crippen molar-refractivity contribution in [2.45, 2.75) is 26.1 Å². The summed E-state index contributed by atoms with van der Waals surface area (Å²) in [5.74, 6) is -0.687. The SMILES string of the molecule is CCOC(=O)C1CCN(C(=O)NC(F)(F)F)CC1. The lowest BCUT2D eigenvalue weighted by Gasteiger charge is -2.31. The summed E-state index contributed by atoms with van der Waals surface area (Å²) in [6.07, 6.45) is -4.08. The standard InChI is InChI=1S/C10H15F3N2O3/c1-2-18-8(16)7-3-5-15(6-4-7)9(17)14-10(11,12)13/h7H,2-6H2,1H3,(H,14,17). The predicted molar refractivity (Wildman–Crippen MR) is 55.5 cm³/mol. The van der Waals surface area contributed by atoms with E-state index in [9.17, 15) is 22.8 Å². The van der Waals surface area contributed by atoms with Crippen LogP contribution in [0.1, 0.15) is 19.8 Å². The van der Waals surface area contributed by atoms with Gasteiger partial charge in [0.25, 0.3) is 0 Å². The number of nitrogens with zero attached hydrogens (tertiary/aromatic N) is 1. The summed E-state index contributed by atoms with van der Waals surface area (Å²) in [7, 11) is 0. The van der Waals surface area contributed by atoms with Gasteiger partial charge in [0.15, 0.2) is 0 Å². The van der Waals surface area contributed by atoms with Crippen LogP contribution >= 0.6 is 0 Å². The predicted octanol–water partition coefficient (Wildman–Crippen LogP) is 1.49. The Morgan fingerprint density at radius 2 is 1.89 bits per heavy atom. The van der Waals surface area contributed by atoms with E-state index >= 15 is 0 Å². The molecule has 0 radical (unpaired) electrons. The summed E-state index contributed by atoms with van der Waals surface area (Å²) in [4.78, 5) is 23.6. The van der Waals surface area contributed by atoms with Crippen LogP contribution in [0.4, 0.5) is 18.0 Å². The van der Waals surface area contributed by atoms with Crippen molar-refractivity contribution in [2.24, 2.45) is 5.92 Å². The molecular weight excluding hydrogens is 253 g/mol. The van der Waals surface area contributed by atoms with Gasteiger partial charge in [0.05, 0.1) is 12.5 Å². The molecule has 0 aromatic rings. The minimum Gasteiger partial charge on any atom is -0.466 e. The number of esters is 1. The highest BCUT2D eigenvalue weighted by Crippen LogP contribution is 2.19. The molecule has 104 valence electrons. The third-order valence-corrected chi connectivity index (χ3v) is 2.65. The van der Waals surface area contributed by atoms with Crippen LogP contribution < -0.4 is 5.32 Å². The van der Waals surface area contributed by atoms with Crippen LogP contribution in [0.2, 0.25) is 0 Å². The van der Waals surface area contributed by atoms with Gasteiger partial charge in [0, 0.05) is 13.1 Å². The number of carbonyl (C=O) groups excluding carboxylic acids is 2. The van der Waals surface area contributed by atoms with Crippen molar-refractivity contribution < 1.29 is 27.5 Å². The number of urea groups is 1. The third kappa shape index (κ3) is 4.42. The smallest absolute Gasteiger partial charge is 0.466 e. The molecule has 1 saturated heterocycles. The van der Waals surface area contributed by atoms with Gasteiger partial charge in [-0.15, -0.1) is 0 Å². The maximum Gasteiger partial charge on any atom is 0.485 e. The minimum absolute atomic E-state index is 0.116. The van der Waals surface area contributed by atoms with Crippen LogP contribution in [0.3, 0.4) is 0 Å². The Morgan fingerprint density at radius 3 is 2.33 bits per heavy atom. The molecule has 1 N–H and O–H groups in total. The van der Waals surface area contributed by atoms with E-state index in [1.807, 2.05) is 0 Å². The van der Waals surface area contributed by atoms with Crippen molar-refractivity contribution in [3.05, 3.63) is 0 Å². The molecule has 0 aliphatic carbocycles. The fraction of sp³-hybridized carbons (Fsp3) is 0.800. The zero-order chi connectivity index (χ0) is 13.8. The molecule has 0 spiro atoms. The van der Waals surface area contributed by atoms with Gasteiger partial charge in [-0.1, -0.05) is 0 Å². The Morgan fingerprint density at radius 1 is 1.33 bits per heavy atom. The maximum atomic E-state index is 11.9. The largest absolute Gasteiger partial charge is 0.485 e. The number of piperidine rings is 1. The van der Waals surface area contributed by atoms with Crippen molar-refractivity contribution in [3.63, 3.8) is 0 Å². The normalized spacial score (nSPS) is 17.4. The molecule has 0 saturated carbocycles. The zero-order valence-electron chi connectivity index (χ0n) is 9.92. The molecule has 1 aliphatic rings. The second-order valence-corrected chi connectivity index (χ2v) is 3.94. The Hall–Kier alpha value is -1.47. The highest BCUT2D eigenvalue weighted by Gasteiger charge is 2.34. The van der Waals surface area contributed by atoms with E-state index in [0.29, 0.717) is 12.8 Å². The molecular formula is C10H15F3N2O3. The molecule has 0 bridgehead atoms. The first-order valence-corrected chi connectivity index (χ1v) is 5.64. The number of halogens is 3. The van der Waals surface area contributed by atoms with Gasteiger partial charge >= 0.3 is 18.3 Å². The van der Waals surface area contributed by atoms with E-state index in [2.05, 4.69) is 0 Å². The molecule has 8 heteroatoms. The summed E-state index contributed by atoms with van der Waals surface area (Å²) in [5.41, 5.74) is 0. The first-order chi connectivity index (χ1) is 8.33. The van der Waals surface area contributed by atoms with Gasteiger partial charge in [-0.2, -0.15) is 13.2 Å². The fourth-order valence-corrected chi connectivity index (χ4v) is 1.78. The summed E-state index contributed by atoms with van der Waals surface area (Å²) >= 11 is 0. The molecule has 1 aliphatic heterocycles. The van der Waals surface area contributed by atoms with E-state index in [4.69, 9.17) is 4.74 Å². The van der Waals surface area contributed by atoms with Gasteiger partial charge in [-0.25, -0.2) is 10.1 Å². The Labute approximate surface area is 102 Å². The molecule has 18 heavy (non-hydrogen) atoms. The number of hydrogen-bond acceptors (Lipinski definition) is 3. The third-order valence-electron chi connectivity index (χ3n) is 2.65. The van der Waals surface area contributed by atoms with Crippen LogP contribution in [0.5, 0.6) is 0 Å². The van der Waals surface area contributed by atoms with Crippen molar-refractivity contribution in [3.8, 4) is 0 Å². The number of likely N-dealkylation sites (tertiary alicyclic amines) is 1. The summed E-state index contributed by atoms with van der Waals surface area (Å²) < 4.78 is 40.6. The number of rotatable bonds is 2. The highest BCUT2D eigenvalue weighted by molar-refractivity contribution is 5.76. The van der Waals surface area contributed by atoms with Crippen LogP contribution in [-0.4, -0.2) is 42.9 Å². The average Bonchev–Trinajstić information content (AvgIpc) is 2.27. The Balaban J connectivity index is 2.39. The lowest BCUT2D eigenvalue weighted by molar-refractivity contribution is -0.152. The van der Waals surface area contributed by atoms with Crippen molar-refractivity contribution in [2.75, 3.05) is 19.7 Å². The van der Waals surface area contributed by atoms with E-state index in [1.54, 1.807) is 6.92 Å². The molecule has 0 atom stereocenters. The second kappa shape index (κ2) is 5.92. The number of alkyl halides is 3. The monoisotopic (exact) mass is 268 g/mol. The fourth-order valence-electron chi connectivity index (χ4n) is 1.78. The maximum absolute atomic E-state index is 11.9. The lowest BCUT2D eigenvalue weighted by Crippen LogP contribution is -2.49. The molecule has 1 rings (SSSR count). The zero-order valence-corrected chi connectivity index (χ0v) is 9.92. The number of carbonyl (C=O) groups is 2. The number of amides is 2. The van der Waals surface area contributed by atoms with Crippen molar-refractivity contribution in [1.29, 1.82) is 0 Å². The molecule has 1 fully saturated rings. The lowest BCUT2D eigenvalue weighted by atomic mass is 9.97. The second-order valence-electron chi connectivity index (χ2n) is 3.94. The average molecular weight is 268 g/mol. The molecule has 0 unspecified atom stereocenters. The molecule has 0 aromatic carbocycles. The summed E-state index contributed by atoms with van der Waals surface area (Å²) in [6, 6.07) is -1.18. The molecule has 1 heterocycles. The van der Waals surface area contributed by atoms with Crippen LogP contribution in [0.15, 0.2) is 0 Å². The van der Waals surface area contributed by atoms with Gasteiger partial charge in [-0.3, -0.25) is 4.79 Å². The topological polar surface area (TPSA) is 58.6 Å². The van der Waals surface area contributed by atoms with Crippen LogP contribution in [0.25, 0.3) is 0 Å². The van der Waals surface area contributed by atoms with Crippen LogP contribution in [0, 0.1) is 5.92 Å². The van der Waals surface area contributed by atoms with Gasteiger partial charge in [0.1, 0.15) is 0 Å². The first-order valence-electron chi connectivity index (χ1n) is 5.64. The van der Waals surface area contributed by atoms with Crippen LogP contribution in [-0.2, 0) is 9.53 Å². The highest BCUT2D eigenvalue weighted by atomic mass is 19.4. The van der Waals surface area contributed by atoms with Crippen molar-refractivity contribution >= 4 is 12.0 Å². The molecule has 0 aromatic heterocycles. The van der Waals surface area contributed by atoms with Gasteiger partial charge in [-0.05, 0) is 19.8 Å². The minimum atomic E-state index is -4.73. The van der Waals surface area contributed by atoms with Crippen molar-refractivity contribution in [1.82, 2.24) is 10.2 Å². The Kier molecular flexibility index (Phi) is 4.80. The van der Waals surface area contributed by atoms with Gasteiger partial charge < -0.3 is 9.64 Å². The number of ether oxygens (including phenoxy) is 1. The molecule has 2 amide bonds. The summed E-state index contributed by atoms with van der Waals surface area (Å²) in [5, 5.41) is 0.929. The Bertz CT molecular complexity index is 312. The summed E-state index contributed by atoms with van der Waals surface area (Å²) in [6.45, 7) is 2.19. The first kappa shape index (κ1) is 14.6. The van der Waals surface area contributed by atoms with E-state index in [1.165, 1.54) is 0 Å². The van der Waals surface area contributed by atoms with E-state index in [0.717, 1.165) is 10.2 Å². The van der Waals surface area contributed by atoms with Gasteiger partial charge in [0.2, 0.25) is 0 Å². The van der Waals surface area contributed by atoms with E-state index in [-0.39, 0.29) is 31.6 Å². The van der Waals surface area contributed by atoms with E-state index < -0.39 is 12.3 Å². The number of hydrogen-bond donors (Lipinski definition) is 1. The molecule has 5 nitrogen and oxygen atoms in total.